The van der Waals surface area contributed by atoms with Crippen LogP contribution in [0.4, 0.5) is 5.00 Å². The molecule has 1 amide bonds. The fraction of sp³-hybridized carbons (Fsp3) is 0.478. The Hall–Kier alpha value is -2.43. The van der Waals surface area contributed by atoms with Crippen LogP contribution in [0, 0.1) is 22.7 Å². The lowest BCUT2D eigenvalue weighted by molar-refractivity contribution is -0.124. The Bertz CT molecular complexity index is 1040. The quantitative estimate of drug-likeness (QED) is 0.477. The van der Waals surface area contributed by atoms with E-state index in [1.165, 1.54) is 23.6 Å². The number of pyridine rings is 1. The van der Waals surface area contributed by atoms with Gasteiger partial charge in [0.15, 0.2) is 6.10 Å². The molecule has 6 nitrogen and oxygen atoms in total. The Labute approximate surface area is 191 Å². The van der Waals surface area contributed by atoms with Crippen LogP contribution in [-0.4, -0.2) is 23.0 Å². The van der Waals surface area contributed by atoms with E-state index < -0.39 is 18.0 Å². The summed E-state index contributed by atoms with van der Waals surface area (Å²) >= 11 is 7.40. The van der Waals surface area contributed by atoms with E-state index in [1.807, 2.05) is 0 Å². The summed E-state index contributed by atoms with van der Waals surface area (Å²) in [4.78, 5) is 30.3. The average molecular weight is 460 g/mol. The Morgan fingerprint density at radius 2 is 2.19 bits per heavy atom. The van der Waals surface area contributed by atoms with E-state index in [2.05, 4.69) is 37.1 Å². The zero-order chi connectivity index (χ0) is 22.8. The van der Waals surface area contributed by atoms with Crippen molar-refractivity contribution in [2.24, 2.45) is 11.3 Å². The first-order valence-corrected chi connectivity index (χ1v) is 11.5. The van der Waals surface area contributed by atoms with Crippen molar-refractivity contribution < 1.29 is 14.3 Å². The molecule has 164 valence electrons. The molecule has 0 radical (unpaired) electrons. The van der Waals surface area contributed by atoms with Gasteiger partial charge in [-0.1, -0.05) is 39.3 Å². The van der Waals surface area contributed by atoms with Gasteiger partial charge in [-0.25, -0.2) is 9.78 Å². The van der Waals surface area contributed by atoms with Gasteiger partial charge in [-0.15, -0.1) is 11.3 Å². The van der Waals surface area contributed by atoms with Crippen LogP contribution in [0.3, 0.4) is 0 Å². The number of nitrogens with one attached hydrogen (secondary N) is 1. The SMILES string of the molecule is CCC(OC(=O)c1cccnc1Cl)C(=O)Nc1sc2c(c1C#N)CCC(C(C)(C)C)C2. The average Bonchev–Trinajstić information content (AvgIpc) is 3.07. The molecule has 0 aliphatic heterocycles. The van der Waals surface area contributed by atoms with Crippen LogP contribution >= 0.6 is 22.9 Å². The molecular weight excluding hydrogens is 434 g/mol. The van der Waals surface area contributed by atoms with Gasteiger partial charge in [0.2, 0.25) is 0 Å². The monoisotopic (exact) mass is 459 g/mol. The van der Waals surface area contributed by atoms with Crippen molar-refractivity contribution in [3.8, 4) is 6.07 Å². The molecule has 0 saturated heterocycles. The van der Waals surface area contributed by atoms with E-state index >= 15 is 0 Å². The van der Waals surface area contributed by atoms with Crippen molar-refractivity contribution in [1.82, 2.24) is 4.98 Å². The number of fused-ring (bicyclic) bond motifs is 1. The summed E-state index contributed by atoms with van der Waals surface area (Å²) in [5.74, 6) is -0.639. The number of ether oxygens (including phenoxy) is 1. The standard InChI is InChI=1S/C23H26ClN3O3S/c1-5-17(30-22(29)15-7-6-10-26-19(15)24)20(28)27-21-16(12-25)14-9-8-13(23(2,3)4)11-18(14)31-21/h6-7,10,13,17H,5,8-9,11H2,1-4H3,(H,27,28). The molecule has 0 spiro atoms. The van der Waals surface area contributed by atoms with Crippen LogP contribution < -0.4 is 5.32 Å². The molecule has 2 aromatic heterocycles. The molecule has 1 N–H and O–H groups in total. The van der Waals surface area contributed by atoms with Crippen molar-refractivity contribution in [3.05, 3.63) is 45.1 Å². The molecule has 31 heavy (non-hydrogen) atoms. The Balaban J connectivity index is 1.76. The number of rotatable bonds is 5. The fourth-order valence-electron chi connectivity index (χ4n) is 3.78. The van der Waals surface area contributed by atoms with Crippen LogP contribution in [0.15, 0.2) is 18.3 Å². The minimum atomic E-state index is -1.00. The summed E-state index contributed by atoms with van der Waals surface area (Å²) in [5, 5.41) is 13.1. The van der Waals surface area contributed by atoms with E-state index in [9.17, 15) is 14.9 Å². The fourth-order valence-corrected chi connectivity index (χ4v) is 5.25. The Morgan fingerprint density at radius 1 is 1.45 bits per heavy atom. The minimum absolute atomic E-state index is 0.0221. The molecule has 0 saturated carbocycles. The number of anilines is 1. The number of nitrogens with zero attached hydrogens (tertiary/aromatic N) is 2. The molecule has 2 atom stereocenters. The highest BCUT2D eigenvalue weighted by Gasteiger charge is 2.33. The predicted octanol–water partition coefficient (Wildman–Crippen LogP) is 5.39. The highest BCUT2D eigenvalue weighted by atomic mass is 35.5. The van der Waals surface area contributed by atoms with Gasteiger partial charge in [0.25, 0.3) is 5.91 Å². The molecule has 0 fully saturated rings. The largest absolute Gasteiger partial charge is 0.449 e. The van der Waals surface area contributed by atoms with Gasteiger partial charge in [0.1, 0.15) is 16.2 Å². The summed E-state index contributed by atoms with van der Waals surface area (Å²) in [5.41, 5.74) is 1.85. The summed E-state index contributed by atoms with van der Waals surface area (Å²) in [6, 6.07) is 5.32. The third-order valence-electron chi connectivity index (χ3n) is 5.73. The van der Waals surface area contributed by atoms with Gasteiger partial charge >= 0.3 is 5.97 Å². The maximum Gasteiger partial charge on any atom is 0.342 e. The molecule has 0 aromatic carbocycles. The minimum Gasteiger partial charge on any atom is -0.449 e. The second-order valence-corrected chi connectivity index (χ2v) is 10.2. The molecule has 1 aliphatic carbocycles. The third-order valence-corrected chi connectivity index (χ3v) is 7.20. The molecule has 1 aliphatic rings. The number of carbonyl (C=O) groups is 2. The number of aromatic nitrogens is 1. The summed E-state index contributed by atoms with van der Waals surface area (Å²) < 4.78 is 5.38. The maximum absolute atomic E-state index is 12.9. The van der Waals surface area contributed by atoms with Gasteiger partial charge in [0.05, 0.1) is 11.1 Å². The van der Waals surface area contributed by atoms with Crippen LogP contribution in [-0.2, 0) is 22.4 Å². The normalized spacial score (nSPS) is 16.7. The number of amides is 1. The van der Waals surface area contributed by atoms with Crippen molar-refractivity contribution in [2.45, 2.75) is 59.5 Å². The molecule has 0 bridgehead atoms. The van der Waals surface area contributed by atoms with Crippen molar-refractivity contribution >= 4 is 39.8 Å². The molecule has 8 heteroatoms. The van der Waals surface area contributed by atoms with Crippen molar-refractivity contribution in [2.75, 3.05) is 5.32 Å². The Kier molecular flexibility index (Phi) is 7.03. The smallest absolute Gasteiger partial charge is 0.342 e. The number of thiophene rings is 1. The zero-order valence-corrected chi connectivity index (χ0v) is 19.7. The second-order valence-electron chi connectivity index (χ2n) is 8.76. The number of hydrogen-bond acceptors (Lipinski definition) is 6. The first-order valence-electron chi connectivity index (χ1n) is 10.3. The number of halogens is 1. The second kappa shape index (κ2) is 9.37. The van der Waals surface area contributed by atoms with Gasteiger partial charge in [-0.3, -0.25) is 4.79 Å². The highest BCUT2D eigenvalue weighted by molar-refractivity contribution is 7.16. The summed E-state index contributed by atoms with van der Waals surface area (Å²) in [6.45, 7) is 8.46. The van der Waals surface area contributed by atoms with Crippen LogP contribution in [0.1, 0.15) is 66.9 Å². The molecule has 2 unspecified atom stereocenters. The number of hydrogen-bond donors (Lipinski definition) is 1. The summed E-state index contributed by atoms with van der Waals surface area (Å²) in [7, 11) is 0. The topological polar surface area (TPSA) is 92.1 Å². The first kappa shape index (κ1) is 23.2. The number of nitriles is 1. The van der Waals surface area contributed by atoms with Gasteiger partial charge in [-0.2, -0.15) is 5.26 Å². The summed E-state index contributed by atoms with van der Waals surface area (Å²) in [6.07, 6.45) is 3.51. The molecule has 2 heterocycles. The maximum atomic E-state index is 12.9. The van der Waals surface area contributed by atoms with Gasteiger partial charge in [0, 0.05) is 11.1 Å². The van der Waals surface area contributed by atoms with Crippen molar-refractivity contribution in [1.29, 1.82) is 5.26 Å². The van der Waals surface area contributed by atoms with E-state index in [-0.39, 0.29) is 22.6 Å². The van der Waals surface area contributed by atoms with Gasteiger partial charge in [-0.05, 0) is 54.7 Å². The predicted molar refractivity (Wildman–Crippen MR) is 121 cm³/mol. The lowest BCUT2D eigenvalue weighted by atomic mass is 9.72. The van der Waals surface area contributed by atoms with Crippen LogP contribution in [0.25, 0.3) is 0 Å². The van der Waals surface area contributed by atoms with E-state index in [4.69, 9.17) is 16.3 Å². The zero-order valence-electron chi connectivity index (χ0n) is 18.1. The lowest BCUT2D eigenvalue weighted by Crippen LogP contribution is -2.32. The Morgan fingerprint density at radius 3 is 2.81 bits per heavy atom. The van der Waals surface area contributed by atoms with E-state index in [1.54, 1.807) is 13.0 Å². The molecular formula is C23H26ClN3O3S. The van der Waals surface area contributed by atoms with Gasteiger partial charge < -0.3 is 10.1 Å². The number of esters is 1. The van der Waals surface area contributed by atoms with E-state index in [0.717, 1.165) is 29.7 Å². The number of carbonyl (C=O) groups excluding carboxylic acids is 2. The third kappa shape index (κ3) is 5.08. The molecule has 2 aromatic rings. The lowest BCUT2D eigenvalue weighted by Gasteiger charge is -2.33. The first-order chi connectivity index (χ1) is 14.7. The van der Waals surface area contributed by atoms with Crippen LogP contribution in [0.2, 0.25) is 5.15 Å². The van der Waals surface area contributed by atoms with E-state index in [0.29, 0.717) is 16.5 Å². The van der Waals surface area contributed by atoms with Crippen molar-refractivity contribution in [3.63, 3.8) is 0 Å². The van der Waals surface area contributed by atoms with Crippen LogP contribution in [0.5, 0.6) is 0 Å². The molecule has 3 rings (SSSR count). The highest BCUT2D eigenvalue weighted by Crippen LogP contribution is 2.44.